The van der Waals surface area contributed by atoms with Gasteiger partial charge in [-0.3, -0.25) is 13.9 Å². The summed E-state index contributed by atoms with van der Waals surface area (Å²) < 4.78 is 31.3. The Kier molecular flexibility index (Phi) is 11.2. The number of anilines is 1. The van der Waals surface area contributed by atoms with Crippen LogP contribution < -0.4 is 14.4 Å². The van der Waals surface area contributed by atoms with Crippen LogP contribution >= 0.6 is 0 Å². The number of benzene rings is 2. The fourth-order valence-electron chi connectivity index (χ4n) is 3.79. The number of rotatable bonds is 14. The molecule has 2 aromatic rings. The molecule has 0 spiro atoms. The number of carbonyl (C=O) groups excluding carboxylic acids is 2. The molecule has 0 aliphatic heterocycles. The summed E-state index contributed by atoms with van der Waals surface area (Å²) in [6.07, 6.45) is 3.00. The van der Waals surface area contributed by atoms with Crippen LogP contribution in [0.5, 0.6) is 5.75 Å². The number of hydrogen-bond acceptors (Lipinski definition) is 5. The van der Waals surface area contributed by atoms with Gasteiger partial charge in [0.2, 0.25) is 21.8 Å². The predicted molar refractivity (Wildman–Crippen MR) is 144 cm³/mol. The van der Waals surface area contributed by atoms with Crippen LogP contribution in [-0.2, 0) is 26.0 Å². The first kappa shape index (κ1) is 29.2. The Labute approximate surface area is 215 Å². The van der Waals surface area contributed by atoms with Crippen molar-refractivity contribution in [2.45, 2.75) is 58.5 Å². The van der Waals surface area contributed by atoms with E-state index in [-0.39, 0.29) is 30.8 Å². The number of amides is 2. The van der Waals surface area contributed by atoms with E-state index in [0.29, 0.717) is 30.8 Å². The van der Waals surface area contributed by atoms with Gasteiger partial charge in [-0.15, -0.1) is 0 Å². The number of hydrogen-bond donors (Lipinski definition) is 1. The first-order valence-corrected chi connectivity index (χ1v) is 14.2. The molecule has 2 amide bonds. The van der Waals surface area contributed by atoms with Gasteiger partial charge in [0.25, 0.3) is 0 Å². The van der Waals surface area contributed by atoms with E-state index in [1.807, 2.05) is 44.2 Å². The largest absolute Gasteiger partial charge is 0.497 e. The topological polar surface area (TPSA) is 96.0 Å². The second kappa shape index (κ2) is 13.9. The van der Waals surface area contributed by atoms with E-state index < -0.39 is 16.1 Å². The zero-order chi connectivity index (χ0) is 26.7. The average Bonchev–Trinajstić information content (AvgIpc) is 2.86. The van der Waals surface area contributed by atoms with Gasteiger partial charge in [0.1, 0.15) is 11.8 Å². The van der Waals surface area contributed by atoms with Crippen LogP contribution in [0.1, 0.15) is 45.6 Å². The maximum Gasteiger partial charge on any atom is 0.242 e. The first-order chi connectivity index (χ1) is 17.1. The zero-order valence-corrected chi connectivity index (χ0v) is 22.8. The molecule has 0 radical (unpaired) electrons. The maximum absolute atomic E-state index is 13.3. The van der Waals surface area contributed by atoms with Gasteiger partial charge in [-0.25, -0.2) is 8.42 Å². The van der Waals surface area contributed by atoms with Gasteiger partial charge < -0.3 is 15.0 Å². The highest BCUT2D eigenvalue weighted by molar-refractivity contribution is 7.92. The van der Waals surface area contributed by atoms with Crippen LogP contribution in [0.2, 0.25) is 0 Å². The molecule has 0 heterocycles. The Morgan fingerprint density at radius 2 is 1.64 bits per heavy atom. The average molecular weight is 518 g/mol. The van der Waals surface area contributed by atoms with E-state index in [1.165, 1.54) is 4.31 Å². The van der Waals surface area contributed by atoms with Crippen LogP contribution in [0, 0.1) is 0 Å². The molecule has 8 nitrogen and oxygen atoms in total. The molecule has 0 aliphatic rings. The van der Waals surface area contributed by atoms with E-state index in [0.717, 1.165) is 18.2 Å². The van der Waals surface area contributed by atoms with Gasteiger partial charge in [-0.05, 0) is 62.9 Å². The quantitative estimate of drug-likeness (QED) is 0.413. The zero-order valence-electron chi connectivity index (χ0n) is 21.9. The van der Waals surface area contributed by atoms with Gasteiger partial charge in [-0.1, -0.05) is 37.3 Å². The second-order valence-corrected chi connectivity index (χ2v) is 10.9. The molecule has 9 heteroatoms. The highest BCUT2D eigenvalue weighted by Crippen LogP contribution is 2.22. The van der Waals surface area contributed by atoms with Crippen molar-refractivity contribution in [2.75, 3.05) is 30.8 Å². The fraction of sp³-hybridized carbons (Fsp3) is 0.481. The molecular weight excluding hydrogens is 478 g/mol. The number of nitrogens with zero attached hydrogens (tertiary/aromatic N) is 2. The smallest absolute Gasteiger partial charge is 0.242 e. The minimum Gasteiger partial charge on any atom is -0.497 e. The van der Waals surface area contributed by atoms with Crippen LogP contribution in [-0.4, -0.2) is 63.7 Å². The summed E-state index contributed by atoms with van der Waals surface area (Å²) in [5.74, 6) is 0.253. The molecule has 2 atom stereocenters. The van der Waals surface area contributed by atoms with Crippen molar-refractivity contribution in [1.29, 1.82) is 0 Å². The molecule has 0 aliphatic carbocycles. The van der Waals surface area contributed by atoms with Crippen LogP contribution in [0.3, 0.4) is 0 Å². The molecule has 0 aromatic heterocycles. The molecule has 0 saturated carbocycles. The highest BCUT2D eigenvalue weighted by Gasteiger charge is 2.27. The Bertz CT molecular complexity index is 1070. The number of ether oxygens (including phenoxy) is 1. The molecule has 0 fully saturated rings. The Hall–Kier alpha value is -3.07. The lowest BCUT2D eigenvalue weighted by molar-refractivity contribution is -0.140. The van der Waals surface area contributed by atoms with Crippen molar-refractivity contribution in [3.63, 3.8) is 0 Å². The van der Waals surface area contributed by atoms with Crippen molar-refractivity contribution < 1.29 is 22.7 Å². The van der Waals surface area contributed by atoms with E-state index in [1.54, 1.807) is 43.2 Å². The van der Waals surface area contributed by atoms with Crippen molar-refractivity contribution in [3.8, 4) is 5.75 Å². The first-order valence-electron chi connectivity index (χ1n) is 12.3. The Balaban J connectivity index is 2.11. The van der Waals surface area contributed by atoms with Crippen molar-refractivity contribution in [2.24, 2.45) is 0 Å². The predicted octanol–water partition coefficient (Wildman–Crippen LogP) is 3.62. The summed E-state index contributed by atoms with van der Waals surface area (Å²) in [5, 5.41) is 2.96. The molecule has 1 N–H and O–H groups in total. The SMILES string of the molecule is CCC(C)NC(=O)C(C)N(CCc1ccccc1)C(=O)CCCN(c1ccc(OC)cc1)S(C)(=O)=O. The van der Waals surface area contributed by atoms with E-state index in [2.05, 4.69) is 5.32 Å². The summed E-state index contributed by atoms with van der Waals surface area (Å²) in [7, 11) is -2.00. The lowest BCUT2D eigenvalue weighted by Gasteiger charge is -2.30. The second-order valence-electron chi connectivity index (χ2n) is 8.95. The summed E-state index contributed by atoms with van der Waals surface area (Å²) in [4.78, 5) is 27.7. The van der Waals surface area contributed by atoms with Gasteiger partial charge >= 0.3 is 0 Å². The maximum atomic E-state index is 13.3. The summed E-state index contributed by atoms with van der Waals surface area (Å²) in [5.41, 5.74) is 1.58. The third kappa shape index (κ3) is 8.86. The number of methoxy groups -OCH3 is 1. The molecule has 36 heavy (non-hydrogen) atoms. The molecular formula is C27H39N3O5S. The van der Waals surface area contributed by atoms with E-state index >= 15 is 0 Å². The third-order valence-electron chi connectivity index (χ3n) is 6.17. The molecule has 198 valence electrons. The summed E-state index contributed by atoms with van der Waals surface area (Å²) >= 11 is 0. The number of sulfonamides is 1. The molecule has 2 rings (SSSR count). The minimum absolute atomic E-state index is 0.0128. The van der Waals surface area contributed by atoms with Gasteiger partial charge in [0, 0.05) is 25.6 Å². The van der Waals surface area contributed by atoms with Crippen molar-refractivity contribution >= 4 is 27.5 Å². The number of nitrogens with one attached hydrogen (secondary N) is 1. The van der Waals surface area contributed by atoms with E-state index in [9.17, 15) is 18.0 Å². The molecule has 0 saturated heterocycles. The van der Waals surface area contributed by atoms with Crippen LogP contribution in [0.15, 0.2) is 54.6 Å². The van der Waals surface area contributed by atoms with Gasteiger partial charge in [0.05, 0.1) is 19.1 Å². The van der Waals surface area contributed by atoms with Crippen LogP contribution in [0.25, 0.3) is 0 Å². The van der Waals surface area contributed by atoms with Gasteiger partial charge in [-0.2, -0.15) is 0 Å². The Morgan fingerprint density at radius 1 is 1.00 bits per heavy atom. The van der Waals surface area contributed by atoms with Crippen LogP contribution in [0.4, 0.5) is 5.69 Å². The lowest BCUT2D eigenvalue weighted by Crippen LogP contribution is -2.50. The monoisotopic (exact) mass is 517 g/mol. The summed E-state index contributed by atoms with van der Waals surface area (Å²) in [6.45, 7) is 6.20. The molecule has 2 unspecified atom stereocenters. The minimum atomic E-state index is -3.54. The van der Waals surface area contributed by atoms with E-state index in [4.69, 9.17) is 4.74 Å². The fourth-order valence-corrected chi connectivity index (χ4v) is 4.75. The molecule has 0 bridgehead atoms. The summed E-state index contributed by atoms with van der Waals surface area (Å²) in [6, 6.07) is 15.9. The normalized spacial score (nSPS) is 12.9. The highest BCUT2D eigenvalue weighted by atomic mass is 32.2. The number of carbonyl (C=O) groups is 2. The lowest BCUT2D eigenvalue weighted by atomic mass is 10.1. The Morgan fingerprint density at radius 3 is 2.19 bits per heavy atom. The van der Waals surface area contributed by atoms with Gasteiger partial charge in [0.15, 0.2) is 0 Å². The standard InChI is InChI=1S/C27H39N3O5S/c1-6-21(2)28-27(32)22(3)29(20-18-23-11-8-7-9-12-23)26(31)13-10-19-30(36(5,33)34)24-14-16-25(35-4)17-15-24/h7-9,11-12,14-17,21-22H,6,10,13,18-20H2,1-5H3,(H,28,32). The third-order valence-corrected chi connectivity index (χ3v) is 7.36. The molecule has 2 aromatic carbocycles. The van der Waals surface area contributed by atoms with Crippen molar-refractivity contribution in [1.82, 2.24) is 10.2 Å². The van der Waals surface area contributed by atoms with Crippen molar-refractivity contribution in [3.05, 3.63) is 60.2 Å².